The normalized spacial score (nSPS) is 25.4. The van der Waals surface area contributed by atoms with Gasteiger partial charge in [-0.3, -0.25) is 24.0 Å². The molecule has 0 bridgehead atoms. The molecule has 5 atom stereocenters. The molecule has 0 aromatic heterocycles. The molecule has 4 rings (SSSR count). The van der Waals surface area contributed by atoms with Gasteiger partial charge in [0.25, 0.3) is 5.91 Å². The average Bonchev–Trinajstić information content (AvgIpc) is 3.24. The van der Waals surface area contributed by atoms with Crippen molar-refractivity contribution >= 4 is 35.1 Å². The molecule has 0 spiro atoms. The lowest BCUT2D eigenvalue weighted by Gasteiger charge is -2.31. The van der Waals surface area contributed by atoms with Crippen molar-refractivity contribution in [2.24, 2.45) is 23.2 Å². The first kappa shape index (κ1) is 29.3. The summed E-state index contributed by atoms with van der Waals surface area (Å²) >= 11 is 0. The Hall–Kier alpha value is -3.64. The molecule has 1 aromatic carbocycles. The van der Waals surface area contributed by atoms with Crippen molar-refractivity contribution in [1.82, 2.24) is 20.9 Å². The number of rotatable bonds is 10. The van der Waals surface area contributed by atoms with Gasteiger partial charge < -0.3 is 26.2 Å². The predicted molar refractivity (Wildman–Crippen MR) is 138 cm³/mol. The highest BCUT2D eigenvalue weighted by Crippen LogP contribution is 2.64. The highest BCUT2D eigenvalue weighted by atomic mass is 19.4. The van der Waals surface area contributed by atoms with E-state index in [1.807, 2.05) is 13.8 Å². The fourth-order valence-corrected chi connectivity index (χ4v) is 5.95. The number of carbonyl (C=O) groups excluding carboxylic acids is 5. The number of fused-ring (bicyclic) bond motifs is 1. The molecule has 10 nitrogen and oxygen atoms in total. The van der Waals surface area contributed by atoms with Crippen LogP contribution in [0.4, 0.5) is 18.9 Å². The van der Waals surface area contributed by atoms with Crippen molar-refractivity contribution in [2.75, 3.05) is 31.5 Å². The maximum atomic E-state index is 13.6. The number of nitrogens with one attached hydrogen (secondary N) is 4. The molecule has 1 saturated carbocycles. The summed E-state index contributed by atoms with van der Waals surface area (Å²) in [5.74, 6) is -3.64. The number of piperidine rings is 1. The zero-order chi connectivity index (χ0) is 29.4. The van der Waals surface area contributed by atoms with Crippen LogP contribution in [0, 0.1) is 23.2 Å². The van der Waals surface area contributed by atoms with E-state index >= 15 is 0 Å². The van der Waals surface area contributed by atoms with Crippen LogP contribution in [0.25, 0.3) is 0 Å². The van der Waals surface area contributed by atoms with Gasteiger partial charge >= 0.3 is 6.18 Å². The third-order valence-electron chi connectivity index (χ3n) is 8.33. The number of likely N-dealkylation sites (tertiary alicyclic amines) is 1. The number of Topliss-reactive ketones (excluding diaryl/α,β-unsaturated/α-hetero) is 1. The van der Waals surface area contributed by atoms with E-state index in [9.17, 15) is 37.1 Å². The second kappa shape index (κ2) is 11.1. The molecule has 0 unspecified atom stereocenters. The summed E-state index contributed by atoms with van der Waals surface area (Å²) in [6.45, 7) is 6.34. The fraction of sp³-hybridized carbons (Fsp3) is 0.593. The van der Waals surface area contributed by atoms with Crippen LogP contribution in [-0.2, 0) is 30.1 Å². The number of hydrogen-bond acceptors (Lipinski definition) is 6. The topological polar surface area (TPSA) is 137 Å². The molecule has 40 heavy (non-hydrogen) atoms. The SMILES string of the molecule is CCNC(=O)C(=O)[C@H](C[C@@H]1CCNC1=O)NC(=O)[C@@H]1[C@@H]2[C@H](CN1C(=O)CNc1ccc(C(F)(F)F)cc1)C2(C)C. The largest absolute Gasteiger partial charge is 0.416 e. The van der Waals surface area contributed by atoms with E-state index in [0.29, 0.717) is 25.2 Å². The Balaban J connectivity index is 1.47. The molecule has 3 fully saturated rings. The number of ketones is 1. The highest BCUT2D eigenvalue weighted by Gasteiger charge is 2.69. The van der Waals surface area contributed by atoms with E-state index in [4.69, 9.17) is 0 Å². The summed E-state index contributed by atoms with van der Waals surface area (Å²) in [5.41, 5.74) is -0.714. The van der Waals surface area contributed by atoms with Gasteiger partial charge in [0.15, 0.2) is 0 Å². The Morgan fingerprint density at radius 3 is 2.40 bits per heavy atom. The standard InChI is InChI=1S/C27H34F3N5O5/c1-4-31-25(40)22(37)18(11-14-9-10-32-23(14)38)34-24(39)21-20-17(26(20,2)3)13-35(21)19(36)12-33-16-7-5-15(6-8-16)27(28,29)30/h5-8,14,17-18,20-21,33H,4,9-13H2,1-3H3,(H,31,40)(H,32,38)(H,34,39)/t14-,17-,18-,20-,21-/m0/s1. The maximum absolute atomic E-state index is 13.6. The minimum atomic E-state index is -4.48. The first-order valence-electron chi connectivity index (χ1n) is 13.4. The number of alkyl halides is 3. The Bertz CT molecular complexity index is 1190. The molecule has 3 aliphatic rings. The van der Waals surface area contributed by atoms with Crippen molar-refractivity contribution in [1.29, 1.82) is 0 Å². The van der Waals surface area contributed by atoms with Crippen LogP contribution < -0.4 is 21.3 Å². The zero-order valence-corrected chi connectivity index (χ0v) is 22.6. The lowest BCUT2D eigenvalue weighted by Crippen LogP contribution is -2.56. The molecule has 1 aromatic rings. The van der Waals surface area contributed by atoms with Crippen molar-refractivity contribution in [3.63, 3.8) is 0 Å². The van der Waals surface area contributed by atoms with Crippen LogP contribution in [-0.4, -0.2) is 72.6 Å². The summed E-state index contributed by atoms with van der Waals surface area (Å²) in [4.78, 5) is 65.7. The van der Waals surface area contributed by atoms with Gasteiger partial charge in [-0.25, -0.2) is 0 Å². The first-order valence-corrected chi connectivity index (χ1v) is 13.4. The van der Waals surface area contributed by atoms with Crippen LogP contribution in [0.1, 0.15) is 39.2 Å². The summed E-state index contributed by atoms with van der Waals surface area (Å²) in [5, 5.41) is 10.6. The van der Waals surface area contributed by atoms with E-state index in [0.717, 1.165) is 12.1 Å². The summed E-state index contributed by atoms with van der Waals surface area (Å²) in [6, 6.07) is 2.13. The number of nitrogens with zero attached hydrogens (tertiary/aromatic N) is 1. The van der Waals surface area contributed by atoms with E-state index in [1.165, 1.54) is 17.0 Å². The van der Waals surface area contributed by atoms with Crippen LogP contribution in [0.15, 0.2) is 24.3 Å². The number of carbonyl (C=O) groups is 5. The number of benzene rings is 1. The second-order valence-corrected chi connectivity index (χ2v) is 11.2. The third-order valence-corrected chi connectivity index (χ3v) is 8.33. The summed E-state index contributed by atoms with van der Waals surface area (Å²) in [6.07, 6.45) is -4.05. The maximum Gasteiger partial charge on any atom is 0.416 e. The molecule has 0 radical (unpaired) electrons. The molecule has 13 heteroatoms. The molecular formula is C27H34F3N5O5. The van der Waals surface area contributed by atoms with E-state index in [1.54, 1.807) is 6.92 Å². The van der Waals surface area contributed by atoms with E-state index in [2.05, 4.69) is 21.3 Å². The Morgan fingerprint density at radius 2 is 1.82 bits per heavy atom. The van der Waals surface area contributed by atoms with Crippen molar-refractivity contribution < 1.29 is 37.1 Å². The number of likely N-dealkylation sites (N-methyl/N-ethyl adjacent to an activating group) is 1. The number of hydrogen-bond donors (Lipinski definition) is 4. The quantitative estimate of drug-likeness (QED) is 0.316. The molecule has 2 aliphatic heterocycles. The first-order chi connectivity index (χ1) is 18.8. The van der Waals surface area contributed by atoms with Gasteiger partial charge in [0.1, 0.15) is 6.04 Å². The summed E-state index contributed by atoms with van der Waals surface area (Å²) < 4.78 is 38.5. The van der Waals surface area contributed by atoms with Crippen LogP contribution >= 0.6 is 0 Å². The zero-order valence-electron chi connectivity index (χ0n) is 22.6. The molecule has 4 N–H and O–H groups in total. The molecular weight excluding hydrogens is 531 g/mol. The Labute approximate surface area is 229 Å². The number of halogens is 3. The second-order valence-electron chi connectivity index (χ2n) is 11.2. The van der Waals surface area contributed by atoms with Gasteiger partial charge in [-0.15, -0.1) is 0 Å². The van der Waals surface area contributed by atoms with Gasteiger partial charge in [-0.1, -0.05) is 13.8 Å². The molecule has 2 heterocycles. The Morgan fingerprint density at radius 1 is 1.15 bits per heavy atom. The highest BCUT2D eigenvalue weighted by molar-refractivity contribution is 6.38. The monoisotopic (exact) mass is 565 g/mol. The summed E-state index contributed by atoms with van der Waals surface area (Å²) in [7, 11) is 0. The molecule has 2 saturated heterocycles. The van der Waals surface area contributed by atoms with Gasteiger partial charge in [0.2, 0.25) is 23.5 Å². The lowest BCUT2D eigenvalue weighted by molar-refractivity contribution is -0.143. The molecule has 218 valence electrons. The van der Waals surface area contributed by atoms with Crippen LogP contribution in [0.2, 0.25) is 0 Å². The van der Waals surface area contributed by atoms with Crippen LogP contribution in [0.3, 0.4) is 0 Å². The van der Waals surface area contributed by atoms with E-state index in [-0.39, 0.29) is 42.7 Å². The fourth-order valence-electron chi connectivity index (χ4n) is 5.95. The minimum Gasteiger partial charge on any atom is -0.376 e. The van der Waals surface area contributed by atoms with E-state index < -0.39 is 53.2 Å². The Kier molecular flexibility index (Phi) is 8.13. The predicted octanol–water partition coefficient (Wildman–Crippen LogP) is 1.32. The van der Waals surface area contributed by atoms with Crippen molar-refractivity contribution in [3.05, 3.63) is 29.8 Å². The number of amides is 4. The van der Waals surface area contributed by atoms with Crippen molar-refractivity contribution in [2.45, 2.75) is 51.9 Å². The molecule has 1 aliphatic carbocycles. The van der Waals surface area contributed by atoms with Gasteiger partial charge in [0, 0.05) is 31.2 Å². The lowest BCUT2D eigenvalue weighted by atomic mass is 9.94. The minimum absolute atomic E-state index is 0.0405. The smallest absolute Gasteiger partial charge is 0.376 e. The third kappa shape index (κ3) is 5.92. The average molecular weight is 566 g/mol. The van der Waals surface area contributed by atoms with Crippen molar-refractivity contribution in [3.8, 4) is 0 Å². The van der Waals surface area contributed by atoms with Gasteiger partial charge in [0.05, 0.1) is 18.2 Å². The van der Waals surface area contributed by atoms with Crippen LogP contribution in [0.5, 0.6) is 0 Å². The van der Waals surface area contributed by atoms with Gasteiger partial charge in [-0.2, -0.15) is 13.2 Å². The van der Waals surface area contributed by atoms with Gasteiger partial charge in [-0.05, 0) is 61.3 Å². The number of anilines is 1. The molecule has 4 amide bonds.